The summed E-state index contributed by atoms with van der Waals surface area (Å²) >= 11 is 1.33. The van der Waals surface area contributed by atoms with Gasteiger partial charge in [0.2, 0.25) is 0 Å². The number of urea groups is 1. The summed E-state index contributed by atoms with van der Waals surface area (Å²) in [6.45, 7) is 0.273. The van der Waals surface area contributed by atoms with Crippen molar-refractivity contribution in [2.75, 3.05) is 5.32 Å². The number of anilines is 1. The Kier molecular flexibility index (Phi) is 3.66. The van der Waals surface area contributed by atoms with Gasteiger partial charge in [-0.2, -0.15) is 0 Å². The van der Waals surface area contributed by atoms with Crippen molar-refractivity contribution in [3.8, 4) is 0 Å². The van der Waals surface area contributed by atoms with Gasteiger partial charge in [0.25, 0.3) is 0 Å². The fourth-order valence-corrected chi connectivity index (χ4v) is 1.78. The van der Waals surface area contributed by atoms with Gasteiger partial charge in [0.05, 0.1) is 0 Å². The molecule has 4 nitrogen and oxygen atoms in total. The summed E-state index contributed by atoms with van der Waals surface area (Å²) < 4.78 is 12.9. The lowest BCUT2D eigenvalue weighted by atomic mass is 10.2. The Morgan fingerprint density at radius 2 is 2.35 bits per heavy atom. The molecule has 2 rings (SSSR count). The summed E-state index contributed by atoms with van der Waals surface area (Å²) in [5.41, 5.74) is 0.708. The molecule has 0 aliphatic heterocycles. The zero-order chi connectivity index (χ0) is 12.1. The van der Waals surface area contributed by atoms with Crippen molar-refractivity contribution < 1.29 is 9.18 Å². The highest BCUT2D eigenvalue weighted by molar-refractivity contribution is 7.13. The predicted molar refractivity (Wildman–Crippen MR) is 64.4 cm³/mol. The minimum absolute atomic E-state index is 0.273. The number of hydrogen-bond donors (Lipinski definition) is 2. The quantitative estimate of drug-likeness (QED) is 0.881. The molecule has 0 saturated carbocycles. The zero-order valence-electron chi connectivity index (χ0n) is 8.81. The molecule has 0 saturated heterocycles. The highest BCUT2D eigenvalue weighted by Gasteiger charge is 2.03. The van der Waals surface area contributed by atoms with Gasteiger partial charge in [-0.25, -0.2) is 14.2 Å². The lowest BCUT2D eigenvalue weighted by Crippen LogP contribution is -2.28. The third-order valence-corrected chi connectivity index (χ3v) is 2.68. The summed E-state index contributed by atoms with van der Waals surface area (Å²) in [6, 6.07) is 5.73. The molecule has 2 N–H and O–H groups in total. The molecular formula is C11H10FN3OS. The molecule has 0 aliphatic rings. The van der Waals surface area contributed by atoms with Gasteiger partial charge >= 0.3 is 6.03 Å². The van der Waals surface area contributed by atoms with Crippen LogP contribution in [0.4, 0.5) is 14.3 Å². The standard InChI is InChI=1S/C11H10FN3OS/c12-9-3-1-2-8(6-9)7-14-10(16)15-11-13-4-5-17-11/h1-6H,7H2,(H2,13,14,15,16). The maximum absolute atomic E-state index is 12.9. The topological polar surface area (TPSA) is 54.0 Å². The van der Waals surface area contributed by atoms with Crippen LogP contribution in [0.5, 0.6) is 0 Å². The maximum Gasteiger partial charge on any atom is 0.321 e. The third-order valence-electron chi connectivity index (χ3n) is 1.99. The second kappa shape index (κ2) is 5.40. The Morgan fingerprint density at radius 3 is 3.06 bits per heavy atom. The largest absolute Gasteiger partial charge is 0.334 e. The van der Waals surface area contributed by atoms with E-state index in [4.69, 9.17) is 0 Å². The van der Waals surface area contributed by atoms with Crippen LogP contribution in [0, 0.1) is 5.82 Å². The molecule has 0 atom stereocenters. The molecule has 0 radical (unpaired) electrons. The van der Waals surface area contributed by atoms with Gasteiger partial charge in [0, 0.05) is 18.1 Å². The normalized spacial score (nSPS) is 9.94. The number of carbonyl (C=O) groups excluding carboxylic acids is 1. The smallest absolute Gasteiger partial charge is 0.321 e. The van der Waals surface area contributed by atoms with Gasteiger partial charge in [-0.05, 0) is 17.7 Å². The van der Waals surface area contributed by atoms with Gasteiger partial charge in [-0.1, -0.05) is 12.1 Å². The molecule has 6 heteroatoms. The van der Waals surface area contributed by atoms with Crippen LogP contribution < -0.4 is 10.6 Å². The molecule has 0 bridgehead atoms. The number of carbonyl (C=O) groups is 1. The highest BCUT2D eigenvalue weighted by Crippen LogP contribution is 2.09. The number of hydrogen-bond acceptors (Lipinski definition) is 3. The van der Waals surface area contributed by atoms with Crippen molar-refractivity contribution in [1.82, 2.24) is 10.3 Å². The summed E-state index contributed by atoms with van der Waals surface area (Å²) in [6.07, 6.45) is 1.60. The second-order valence-electron chi connectivity index (χ2n) is 3.27. The molecular weight excluding hydrogens is 241 g/mol. The Balaban J connectivity index is 1.84. The van der Waals surface area contributed by atoms with Crippen molar-refractivity contribution >= 4 is 22.5 Å². The first-order chi connectivity index (χ1) is 8.24. The Morgan fingerprint density at radius 1 is 1.47 bits per heavy atom. The first kappa shape index (κ1) is 11.5. The maximum atomic E-state index is 12.9. The van der Waals surface area contributed by atoms with E-state index in [1.807, 2.05) is 0 Å². The van der Waals surface area contributed by atoms with Crippen LogP contribution in [0.2, 0.25) is 0 Å². The Bertz CT molecular complexity index is 501. The van der Waals surface area contributed by atoms with Crippen LogP contribution in [0.15, 0.2) is 35.8 Å². The molecule has 17 heavy (non-hydrogen) atoms. The summed E-state index contributed by atoms with van der Waals surface area (Å²) in [7, 11) is 0. The zero-order valence-corrected chi connectivity index (χ0v) is 9.63. The summed E-state index contributed by atoms with van der Waals surface area (Å²) in [5.74, 6) is -0.315. The number of nitrogens with one attached hydrogen (secondary N) is 2. The van der Waals surface area contributed by atoms with E-state index in [2.05, 4.69) is 15.6 Å². The average molecular weight is 251 g/mol. The molecule has 0 aliphatic carbocycles. The number of nitrogens with zero attached hydrogens (tertiary/aromatic N) is 1. The van der Waals surface area contributed by atoms with E-state index in [1.54, 1.807) is 23.7 Å². The van der Waals surface area contributed by atoms with Crippen LogP contribution in [-0.2, 0) is 6.54 Å². The molecule has 1 aromatic carbocycles. The Hall–Kier alpha value is -1.95. The molecule has 88 valence electrons. The van der Waals surface area contributed by atoms with Crippen LogP contribution in [0.1, 0.15) is 5.56 Å². The first-order valence-electron chi connectivity index (χ1n) is 4.93. The fourth-order valence-electron chi connectivity index (χ4n) is 1.26. The fraction of sp³-hybridized carbons (Fsp3) is 0.0909. The van der Waals surface area contributed by atoms with Crippen LogP contribution >= 0.6 is 11.3 Å². The minimum Gasteiger partial charge on any atom is -0.334 e. The number of halogens is 1. The van der Waals surface area contributed by atoms with Crippen molar-refractivity contribution in [3.63, 3.8) is 0 Å². The number of thiazole rings is 1. The van der Waals surface area contributed by atoms with Crippen molar-refractivity contribution in [3.05, 3.63) is 47.2 Å². The number of benzene rings is 1. The van der Waals surface area contributed by atoms with Crippen LogP contribution in [-0.4, -0.2) is 11.0 Å². The SMILES string of the molecule is O=C(NCc1cccc(F)c1)Nc1nccs1. The molecule has 2 aromatic rings. The van der Waals surface area contributed by atoms with E-state index in [0.29, 0.717) is 10.7 Å². The van der Waals surface area contributed by atoms with Crippen LogP contribution in [0.3, 0.4) is 0 Å². The van der Waals surface area contributed by atoms with E-state index in [1.165, 1.54) is 23.5 Å². The second-order valence-corrected chi connectivity index (χ2v) is 4.17. The number of aromatic nitrogens is 1. The Labute approximate surface area is 102 Å². The van der Waals surface area contributed by atoms with Crippen molar-refractivity contribution in [2.45, 2.75) is 6.54 Å². The predicted octanol–water partition coefficient (Wildman–Crippen LogP) is 2.60. The van der Waals surface area contributed by atoms with E-state index >= 15 is 0 Å². The molecule has 1 aromatic heterocycles. The summed E-state index contributed by atoms with van der Waals surface area (Å²) in [4.78, 5) is 15.3. The van der Waals surface area contributed by atoms with Crippen LogP contribution in [0.25, 0.3) is 0 Å². The van der Waals surface area contributed by atoms with E-state index in [9.17, 15) is 9.18 Å². The van der Waals surface area contributed by atoms with Gasteiger partial charge in [-0.3, -0.25) is 5.32 Å². The molecule has 1 heterocycles. The van der Waals surface area contributed by atoms with Crippen molar-refractivity contribution in [1.29, 1.82) is 0 Å². The minimum atomic E-state index is -0.357. The number of rotatable bonds is 3. The van der Waals surface area contributed by atoms with Gasteiger partial charge < -0.3 is 5.32 Å². The van der Waals surface area contributed by atoms with Crippen molar-refractivity contribution in [2.24, 2.45) is 0 Å². The van der Waals surface area contributed by atoms with Gasteiger partial charge in [0.15, 0.2) is 5.13 Å². The van der Waals surface area contributed by atoms with E-state index in [0.717, 1.165) is 0 Å². The van der Waals surface area contributed by atoms with E-state index < -0.39 is 0 Å². The third kappa shape index (κ3) is 3.53. The lowest BCUT2D eigenvalue weighted by Gasteiger charge is -2.05. The average Bonchev–Trinajstić information content (AvgIpc) is 2.79. The number of amides is 2. The molecule has 0 fully saturated rings. The molecule has 2 amide bonds. The highest BCUT2D eigenvalue weighted by atomic mass is 32.1. The van der Waals surface area contributed by atoms with E-state index in [-0.39, 0.29) is 18.4 Å². The van der Waals surface area contributed by atoms with Gasteiger partial charge in [-0.15, -0.1) is 11.3 Å². The lowest BCUT2D eigenvalue weighted by molar-refractivity contribution is 0.251. The van der Waals surface area contributed by atoms with Gasteiger partial charge in [0.1, 0.15) is 5.82 Å². The molecule has 0 unspecified atom stereocenters. The summed E-state index contributed by atoms with van der Waals surface area (Å²) in [5, 5.41) is 7.48. The first-order valence-corrected chi connectivity index (χ1v) is 5.81. The molecule has 0 spiro atoms. The monoisotopic (exact) mass is 251 g/mol.